The fourth-order valence-corrected chi connectivity index (χ4v) is 2.68. The molecule has 8 heteroatoms. The summed E-state index contributed by atoms with van der Waals surface area (Å²) in [7, 11) is 0. The van der Waals surface area contributed by atoms with Crippen molar-refractivity contribution in [2.24, 2.45) is 11.0 Å². The van der Waals surface area contributed by atoms with E-state index in [1.54, 1.807) is 0 Å². The summed E-state index contributed by atoms with van der Waals surface area (Å²) < 4.78 is 0. The maximum atomic E-state index is 11.1. The van der Waals surface area contributed by atoms with Crippen LogP contribution in [0.2, 0.25) is 0 Å². The first kappa shape index (κ1) is 16.6. The Kier molecular flexibility index (Phi) is 5.40. The van der Waals surface area contributed by atoms with Crippen molar-refractivity contribution in [2.45, 2.75) is 32.1 Å². The van der Waals surface area contributed by atoms with Crippen molar-refractivity contribution < 1.29 is 9.85 Å². The normalized spacial score (nSPS) is 19.3. The molecule has 1 aliphatic rings. The fraction of sp³-hybridized carbons (Fsp3) is 0.400. The van der Waals surface area contributed by atoms with Crippen LogP contribution in [0.15, 0.2) is 36.0 Å². The van der Waals surface area contributed by atoms with Gasteiger partial charge < -0.3 is 0 Å². The highest BCUT2D eigenvalue weighted by Gasteiger charge is 2.22. The zero-order valence-electron chi connectivity index (χ0n) is 12.6. The number of anilines is 1. The predicted octanol–water partition coefficient (Wildman–Crippen LogP) is 4.04. The Bertz CT molecular complexity index is 657. The number of non-ortho nitro benzene ring substituents is 1. The van der Waals surface area contributed by atoms with E-state index < -0.39 is 9.85 Å². The highest BCUT2D eigenvalue weighted by atomic mass is 16.6. The van der Waals surface area contributed by atoms with Crippen molar-refractivity contribution >= 4 is 22.8 Å². The number of rotatable bonds is 6. The Morgan fingerprint density at radius 2 is 2.09 bits per heavy atom. The fourth-order valence-electron chi connectivity index (χ4n) is 2.68. The van der Waals surface area contributed by atoms with Crippen molar-refractivity contribution in [2.75, 3.05) is 5.43 Å². The summed E-state index contributed by atoms with van der Waals surface area (Å²) in [6, 6.07) is 3.47. The van der Waals surface area contributed by atoms with Crippen LogP contribution in [0.25, 0.3) is 0 Å². The molecular formula is C15H18N4O4. The molecule has 1 aliphatic carbocycles. The van der Waals surface area contributed by atoms with Gasteiger partial charge in [0.2, 0.25) is 0 Å². The quantitative estimate of drug-likeness (QED) is 0.483. The first-order valence-electron chi connectivity index (χ1n) is 7.39. The molecule has 2 rings (SSSR count). The largest absolute Gasteiger partial charge is 0.301 e. The van der Waals surface area contributed by atoms with E-state index in [0.29, 0.717) is 5.92 Å². The van der Waals surface area contributed by atoms with Crippen LogP contribution in [0.1, 0.15) is 32.1 Å². The maximum absolute atomic E-state index is 11.1. The van der Waals surface area contributed by atoms with Crippen LogP contribution in [0.3, 0.4) is 0 Å². The van der Waals surface area contributed by atoms with Crippen molar-refractivity contribution in [1.29, 1.82) is 0 Å². The Balaban J connectivity index is 2.24. The molecule has 0 aliphatic heterocycles. The summed E-state index contributed by atoms with van der Waals surface area (Å²) in [5.74, 6) is 0.297. The predicted molar refractivity (Wildman–Crippen MR) is 87.6 cm³/mol. The van der Waals surface area contributed by atoms with E-state index in [1.807, 2.05) is 6.08 Å². The highest BCUT2D eigenvalue weighted by Crippen LogP contribution is 2.30. The molecule has 0 spiro atoms. The number of nitrogens with one attached hydrogen (secondary N) is 1. The molecule has 8 nitrogen and oxygen atoms in total. The first-order chi connectivity index (χ1) is 11.0. The van der Waals surface area contributed by atoms with Gasteiger partial charge in [-0.3, -0.25) is 25.7 Å². The third-order valence-electron chi connectivity index (χ3n) is 3.87. The minimum Gasteiger partial charge on any atom is -0.272 e. The topological polar surface area (TPSA) is 111 Å². The zero-order valence-corrected chi connectivity index (χ0v) is 12.6. The second kappa shape index (κ2) is 7.48. The lowest BCUT2D eigenvalue weighted by Crippen LogP contribution is -2.20. The number of nitro groups is 2. The second-order valence-corrected chi connectivity index (χ2v) is 5.40. The second-order valence-electron chi connectivity index (χ2n) is 5.40. The SMILES string of the molecule is C=CCC1CCCCC1=NNc1ccc([N+](=O)[O-])cc1[N+](=O)[O-]. The van der Waals surface area contributed by atoms with Gasteiger partial charge in [-0.25, -0.2) is 0 Å². The van der Waals surface area contributed by atoms with Crippen LogP contribution < -0.4 is 5.43 Å². The summed E-state index contributed by atoms with van der Waals surface area (Å²) in [6.07, 6.45) is 6.70. The molecule has 0 amide bonds. The summed E-state index contributed by atoms with van der Waals surface area (Å²) in [4.78, 5) is 20.5. The first-order valence-corrected chi connectivity index (χ1v) is 7.39. The third-order valence-corrected chi connectivity index (χ3v) is 3.87. The zero-order chi connectivity index (χ0) is 16.8. The average Bonchev–Trinajstić information content (AvgIpc) is 2.54. The Hall–Kier alpha value is -2.77. The van der Waals surface area contributed by atoms with Gasteiger partial charge in [0, 0.05) is 17.7 Å². The van der Waals surface area contributed by atoms with Gasteiger partial charge in [-0.05, 0) is 31.7 Å². The third kappa shape index (κ3) is 4.12. The molecule has 1 unspecified atom stereocenters. The van der Waals surface area contributed by atoms with Crippen molar-refractivity contribution in [3.05, 3.63) is 51.1 Å². The van der Waals surface area contributed by atoms with Gasteiger partial charge in [-0.15, -0.1) is 6.58 Å². The lowest BCUT2D eigenvalue weighted by atomic mass is 9.85. The average molecular weight is 318 g/mol. The molecule has 1 fully saturated rings. The minimum absolute atomic E-state index is 0.149. The molecule has 0 radical (unpaired) electrons. The molecule has 0 bridgehead atoms. The van der Waals surface area contributed by atoms with Gasteiger partial charge in [0.15, 0.2) is 0 Å². The molecule has 1 aromatic rings. The number of hydrogen-bond donors (Lipinski definition) is 1. The number of benzene rings is 1. The van der Waals surface area contributed by atoms with Gasteiger partial charge in [0.05, 0.1) is 15.9 Å². The molecule has 0 saturated heterocycles. The molecule has 122 valence electrons. The van der Waals surface area contributed by atoms with Crippen molar-refractivity contribution in [1.82, 2.24) is 0 Å². The maximum Gasteiger partial charge on any atom is 0.301 e. The van der Waals surface area contributed by atoms with E-state index in [-0.39, 0.29) is 17.1 Å². The Morgan fingerprint density at radius 3 is 2.74 bits per heavy atom. The van der Waals surface area contributed by atoms with Crippen LogP contribution >= 0.6 is 0 Å². The molecule has 1 N–H and O–H groups in total. The van der Waals surface area contributed by atoms with Gasteiger partial charge in [-0.1, -0.05) is 12.5 Å². The van der Waals surface area contributed by atoms with E-state index in [1.165, 1.54) is 12.1 Å². The van der Waals surface area contributed by atoms with Gasteiger partial charge in [0.1, 0.15) is 5.69 Å². The van der Waals surface area contributed by atoms with Gasteiger partial charge >= 0.3 is 5.69 Å². The number of nitro benzene ring substituents is 2. The molecule has 1 aromatic carbocycles. The Morgan fingerprint density at radius 1 is 1.30 bits per heavy atom. The summed E-state index contributed by atoms with van der Waals surface area (Å²) in [5, 5.41) is 26.1. The minimum atomic E-state index is -0.663. The lowest BCUT2D eigenvalue weighted by molar-refractivity contribution is -0.393. The van der Waals surface area contributed by atoms with Crippen molar-refractivity contribution in [3.8, 4) is 0 Å². The molecule has 1 saturated carbocycles. The molecule has 0 heterocycles. The monoisotopic (exact) mass is 318 g/mol. The van der Waals surface area contributed by atoms with E-state index >= 15 is 0 Å². The highest BCUT2D eigenvalue weighted by molar-refractivity contribution is 5.88. The Labute approximate surface area is 133 Å². The lowest BCUT2D eigenvalue weighted by Gasteiger charge is -2.22. The van der Waals surface area contributed by atoms with E-state index in [2.05, 4.69) is 17.1 Å². The van der Waals surface area contributed by atoms with Crippen LogP contribution in [0.4, 0.5) is 17.1 Å². The van der Waals surface area contributed by atoms with Crippen LogP contribution in [-0.4, -0.2) is 15.6 Å². The molecule has 1 atom stereocenters. The van der Waals surface area contributed by atoms with Crippen LogP contribution in [0.5, 0.6) is 0 Å². The van der Waals surface area contributed by atoms with E-state index in [9.17, 15) is 20.2 Å². The summed E-state index contributed by atoms with van der Waals surface area (Å²) in [5.41, 5.74) is 3.14. The molecule has 23 heavy (non-hydrogen) atoms. The van der Waals surface area contributed by atoms with Gasteiger partial charge in [-0.2, -0.15) is 5.10 Å². The van der Waals surface area contributed by atoms with E-state index in [4.69, 9.17) is 0 Å². The summed E-state index contributed by atoms with van der Waals surface area (Å²) in [6.45, 7) is 3.74. The number of hydrogen-bond acceptors (Lipinski definition) is 6. The molecular weight excluding hydrogens is 300 g/mol. The summed E-state index contributed by atoms with van der Waals surface area (Å²) >= 11 is 0. The van der Waals surface area contributed by atoms with Gasteiger partial charge in [0.25, 0.3) is 5.69 Å². The van der Waals surface area contributed by atoms with Crippen LogP contribution in [0, 0.1) is 26.1 Å². The van der Waals surface area contributed by atoms with Crippen LogP contribution in [-0.2, 0) is 0 Å². The molecule has 0 aromatic heterocycles. The smallest absolute Gasteiger partial charge is 0.272 e. The number of hydrazone groups is 1. The standard InChI is InChI=1S/C15H18N4O4/c1-2-5-11-6-3-4-7-13(11)16-17-14-9-8-12(18(20)21)10-15(14)19(22)23/h2,8-11,17H,1,3-7H2. The number of nitrogens with zero attached hydrogens (tertiary/aromatic N) is 3. The van der Waals surface area contributed by atoms with E-state index in [0.717, 1.165) is 43.9 Å². The number of allylic oxidation sites excluding steroid dienone is 1. The van der Waals surface area contributed by atoms with Crippen molar-refractivity contribution in [3.63, 3.8) is 0 Å².